The summed E-state index contributed by atoms with van der Waals surface area (Å²) in [4.78, 5) is 22.6. The second kappa shape index (κ2) is 6.51. The van der Waals surface area contributed by atoms with Crippen molar-refractivity contribution in [1.82, 2.24) is 5.32 Å². The highest BCUT2D eigenvalue weighted by Gasteiger charge is 2.26. The highest BCUT2D eigenvalue weighted by Crippen LogP contribution is 2.19. The van der Waals surface area contributed by atoms with Crippen molar-refractivity contribution in [3.8, 4) is 0 Å². The van der Waals surface area contributed by atoms with Gasteiger partial charge in [0.2, 0.25) is 5.91 Å². The highest BCUT2D eigenvalue weighted by atomic mass is 16.4. The van der Waals surface area contributed by atoms with Crippen molar-refractivity contribution in [1.29, 1.82) is 0 Å². The van der Waals surface area contributed by atoms with Crippen LogP contribution < -0.4 is 5.32 Å². The van der Waals surface area contributed by atoms with Crippen molar-refractivity contribution in [2.45, 2.75) is 47.0 Å². The summed E-state index contributed by atoms with van der Waals surface area (Å²) < 4.78 is 0. The van der Waals surface area contributed by atoms with Crippen molar-refractivity contribution in [2.75, 3.05) is 6.54 Å². The van der Waals surface area contributed by atoms with Gasteiger partial charge in [0.25, 0.3) is 0 Å². The third-order valence-electron chi connectivity index (χ3n) is 2.99. The number of hydrogen-bond donors (Lipinski definition) is 2. The lowest BCUT2D eigenvalue weighted by molar-refractivity contribution is -0.142. The molecule has 0 saturated heterocycles. The van der Waals surface area contributed by atoms with Gasteiger partial charge in [-0.15, -0.1) is 0 Å². The molecule has 2 N–H and O–H groups in total. The molecule has 1 atom stereocenters. The number of rotatable bonds is 7. The first-order chi connectivity index (χ1) is 7.35. The molecule has 0 aliphatic carbocycles. The minimum absolute atomic E-state index is 0.0719. The van der Waals surface area contributed by atoms with Crippen molar-refractivity contribution in [3.63, 3.8) is 0 Å². The summed E-state index contributed by atoms with van der Waals surface area (Å²) in [7, 11) is 0. The van der Waals surface area contributed by atoms with E-state index in [9.17, 15) is 9.59 Å². The normalized spacial score (nSPS) is 13.2. The molecule has 0 aromatic carbocycles. The predicted molar refractivity (Wildman–Crippen MR) is 63.1 cm³/mol. The minimum Gasteiger partial charge on any atom is -0.481 e. The summed E-state index contributed by atoms with van der Waals surface area (Å²) in [5, 5.41) is 11.6. The van der Waals surface area contributed by atoms with Gasteiger partial charge >= 0.3 is 5.97 Å². The van der Waals surface area contributed by atoms with Crippen LogP contribution in [0.3, 0.4) is 0 Å². The zero-order valence-electron chi connectivity index (χ0n) is 10.7. The third-order valence-corrected chi connectivity index (χ3v) is 2.99. The first-order valence-corrected chi connectivity index (χ1v) is 5.86. The largest absolute Gasteiger partial charge is 0.481 e. The molecule has 0 fully saturated rings. The average Bonchev–Trinajstić information content (AvgIpc) is 2.23. The van der Waals surface area contributed by atoms with E-state index in [1.54, 1.807) is 0 Å². The van der Waals surface area contributed by atoms with Crippen LogP contribution in [0.1, 0.15) is 47.0 Å². The van der Waals surface area contributed by atoms with Crippen LogP contribution in [-0.4, -0.2) is 23.5 Å². The fourth-order valence-corrected chi connectivity index (χ4v) is 1.28. The van der Waals surface area contributed by atoms with E-state index < -0.39 is 17.3 Å². The molecule has 0 spiro atoms. The van der Waals surface area contributed by atoms with Crippen LogP contribution in [0, 0.1) is 11.3 Å². The van der Waals surface area contributed by atoms with Gasteiger partial charge < -0.3 is 10.4 Å². The summed E-state index contributed by atoms with van der Waals surface area (Å²) in [5.41, 5.74) is -0.421. The topological polar surface area (TPSA) is 66.4 Å². The lowest BCUT2D eigenvalue weighted by atomic mass is 9.89. The van der Waals surface area contributed by atoms with Gasteiger partial charge in [0, 0.05) is 12.0 Å². The van der Waals surface area contributed by atoms with Crippen LogP contribution in [0.4, 0.5) is 0 Å². The minimum atomic E-state index is -0.837. The fourth-order valence-electron chi connectivity index (χ4n) is 1.28. The zero-order valence-corrected chi connectivity index (χ0v) is 10.7. The number of amides is 1. The number of aliphatic carboxylic acids is 1. The maximum atomic E-state index is 11.7. The lowest BCUT2D eigenvalue weighted by Gasteiger charge is -2.22. The van der Waals surface area contributed by atoms with E-state index in [1.807, 2.05) is 27.7 Å². The van der Waals surface area contributed by atoms with Crippen LogP contribution in [0.15, 0.2) is 0 Å². The predicted octanol–water partition coefficient (Wildman–Crippen LogP) is 2.04. The van der Waals surface area contributed by atoms with Crippen molar-refractivity contribution >= 4 is 11.9 Å². The van der Waals surface area contributed by atoms with E-state index >= 15 is 0 Å². The molecule has 0 radical (unpaired) electrons. The second-order valence-electron chi connectivity index (χ2n) is 4.77. The molecule has 94 valence electrons. The van der Waals surface area contributed by atoms with Gasteiger partial charge in [0.1, 0.15) is 0 Å². The Kier molecular flexibility index (Phi) is 6.08. The monoisotopic (exact) mass is 229 g/mol. The summed E-state index contributed by atoms with van der Waals surface area (Å²) >= 11 is 0. The molecule has 0 heterocycles. The fraction of sp³-hybridized carbons (Fsp3) is 0.833. The van der Waals surface area contributed by atoms with Crippen LogP contribution in [0.2, 0.25) is 0 Å². The quantitative estimate of drug-likeness (QED) is 0.702. The molecule has 1 amide bonds. The molecule has 0 rings (SSSR count). The summed E-state index contributed by atoms with van der Waals surface area (Å²) in [6.45, 7) is 7.83. The molecule has 0 bridgehead atoms. The Hall–Kier alpha value is -1.06. The molecule has 4 nitrogen and oxygen atoms in total. The number of carbonyl (C=O) groups is 2. The molecule has 4 heteroatoms. The Balaban J connectivity index is 4.21. The number of nitrogens with one attached hydrogen (secondary N) is 1. The van der Waals surface area contributed by atoms with E-state index in [2.05, 4.69) is 5.32 Å². The maximum absolute atomic E-state index is 11.7. The van der Waals surface area contributed by atoms with Gasteiger partial charge in [-0.1, -0.05) is 34.1 Å². The maximum Gasteiger partial charge on any atom is 0.308 e. The molecule has 0 aromatic rings. The molecular formula is C12H23NO3. The Bertz CT molecular complexity index is 249. The number of carbonyl (C=O) groups excluding carboxylic acids is 1. The summed E-state index contributed by atoms with van der Waals surface area (Å²) in [6.07, 6.45) is 2.15. The van der Waals surface area contributed by atoms with E-state index in [0.717, 1.165) is 12.8 Å². The molecule has 0 aliphatic heterocycles. The summed E-state index contributed by atoms with van der Waals surface area (Å²) in [5.74, 6) is -1.38. The van der Waals surface area contributed by atoms with Gasteiger partial charge in [-0.3, -0.25) is 9.59 Å². The summed E-state index contributed by atoms with van der Waals surface area (Å²) in [6, 6.07) is 0. The molecule has 0 aromatic heterocycles. The van der Waals surface area contributed by atoms with Crippen molar-refractivity contribution < 1.29 is 14.7 Å². The molecule has 0 saturated carbocycles. The van der Waals surface area contributed by atoms with E-state index in [1.165, 1.54) is 0 Å². The van der Waals surface area contributed by atoms with Gasteiger partial charge in [-0.2, -0.15) is 0 Å². The SMILES string of the molecule is CCCC(CNC(=O)C(C)(C)CC)C(=O)O. The number of carboxylic acid groups (broad SMARTS) is 1. The number of hydrogen-bond acceptors (Lipinski definition) is 2. The smallest absolute Gasteiger partial charge is 0.308 e. The van der Waals surface area contributed by atoms with Crippen molar-refractivity contribution in [3.05, 3.63) is 0 Å². The van der Waals surface area contributed by atoms with Gasteiger partial charge in [-0.05, 0) is 12.8 Å². The van der Waals surface area contributed by atoms with Gasteiger partial charge in [0.05, 0.1) is 5.92 Å². The Morgan fingerprint density at radius 3 is 2.25 bits per heavy atom. The van der Waals surface area contributed by atoms with Gasteiger partial charge in [0.15, 0.2) is 0 Å². The van der Waals surface area contributed by atoms with E-state index in [0.29, 0.717) is 6.42 Å². The van der Waals surface area contributed by atoms with Crippen LogP contribution in [0.25, 0.3) is 0 Å². The zero-order chi connectivity index (χ0) is 12.8. The lowest BCUT2D eigenvalue weighted by Crippen LogP contribution is -2.40. The Labute approximate surface area is 97.4 Å². The average molecular weight is 229 g/mol. The first-order valence-electron chi connectivity index (χ1n) is 5.86. The van der Waals surface area contributed by atoms with Gasteiger partial charge in [-0.25, -0.2) is 0 Å². The van der Waals surface area contributed by atoms with E-state index in [4.69, 9.17) is 5.11 Å². The standard InChI is InChI=1S/C12H23NO3/c1-5-7-9(10(14)15)8-13-11(16)12(3,4)6-2/h9H,5-8H2,1-4H3,(H,13,16)(H,14,15). The highest BCUT2D eigenvalue weighted by molar-refractivity contribution is 5.82. The van der Waals surface area contributed by atoms with Crippen LogP contribution >= 0.6 is 0 Å². The molecule has 1 unspecified atom stereocenters. The van der Waals surface area contributed by atoms with Crippen LogP contribution in [0.5, 0.6) is 0 Å². The Morgan fingerprint density at radius 2 is 1.88 bits per heavy atom. The van der Waals surface area contributed by atoms with Crippen LogP contribution in [-0.2, 0) is 9.59 Å². The second-order valence-corrected chi connectivity index (χ2v) is 4.77. The third kappa shape index (κ3) is 4.64. The first kappa shape index (κ1) is 14.9. The molecule has 16 heavy (non-hydrogen) atoms. The molecule has 0 aliphatic rings. The Morgan fingerprint density at radius 1 is 1.31 bits per heavy atom. The van der Waals surface area contributed by atoms with Crippen molar-refractivity contribution in [2.24, 2.45) is 11.3 Å². The van der Waals surface area contributed by atoms with E-state index in [-0.39, 0.29) is 12.5 Å². The molecular weight excluding hydrogens is 206 g/mol. The number of carboxylic acids is 1.